The molecule has 8 heteroatoms. The van der Waals surface area contributed by atoms with Gasteiger partial charge in [0.2, 0.25) is 0 Å². The zero-order valence-electron chi connectivity index (χ0n) is 17.5. The predicted molar refractivity (Wildman–Crippen MR) is 117 cm³/mol. The molecule has 0 saturated carbocycles. The maximum atomic E-state index is 12.3. The molecule has 0 spiro atoms. The maximum absolute atomic E-state index is 12.3. The van der Waals surface area contributed by atoms with Gasteiger partial charge >= 0.3 is 6.09 Å². The van der Waals surface area contributed by atoms with Crippen LogP contribution in [0.4, 0.5) is 10.5 Å². The molecule has 5 rings (SSSR count). The van der Waals surface area contributed by atoms with Crippen LogP contribution in [0.25, 0.3) is 22.3 Å². The van der Waals surface area contributed by atoms with Crippen LogP contribution < -0.4 is 10.1 Å². The van der Waals surface area contributed by atoms with E-state index in [1.807, 2.05) is 55.6 Å². The number of hydrogen-bond donors (Lipinski definition) is 1. The van der Waals surface area contributed by atoms with Crippen LogP contribution in [-0.2, 0) is 31.4 Å². The molecule has 8 nitrogen and oxygen atoms in total. The Bertz CT molecular complexity index is 1270. The van der Waals surface area contributed by atoms with Gasteiger partial charge in [0.05, 0.1) is 29.5 Å². The third-order valence-corrected chi connectivity index (χ3v) is 5.57. The molecule has 1 amide bonds. The summed E-state index contributed by atoms with van der Waals surface area (Å²) in [6.07, 6.45) is 1.62. The Morgan fingerprint density at radius 3 is 2.94 bits per heavy atom. The number of amides is 1. The normalized spacial score (nSPS) is 12.7. The Balaban J connectivity index is 1.26. The number of aromatic nitrogens is 4. The minimum absolute atomic E-state index is 0.103. The average molecular weight is 417 g/mol. The molecule has 0 bridgehead atoms. The van der Waals surface area contributed by atoms with E-state index in [-0.39, 0.29) is 6.61 Å². The molecule has 0 fully saturated rings. The smallest absolute Gasteiger partial charge is 0.412 e. The molecule has 158 valence electrons. The second kappa shape index (κ2) is 7.79. The lowest BCUT2D eigenvalue weighted by atomic mass is 10.1. The maximum Gasteiger partial charge on any atom is 0.412 e. The fraction of sp³-hybridized carbons (Fsp3) is 0.261. The van der Waals surface area contributed by atoms with Gasteiger partial charge < -0.3 is 14.0 Å². The first-order valence-electron chi connectivity index (χ1n) is 10.2. The minimum Gasteiger partial charge on any atom is -0.496 e. The van der Waals surface area contributed by atoms with Gasteiger partial charge in [-0.3, -0.25) is 10.00 Å². The number of imidazole rings is 1. The molecule has 0 atom stereocenters. The molecule has 0 radical (unpaired) electrons. The van der Waals surface area contributed by atoms with Crippen molar-refractivity contribution in [2.75, 3.05) is 12.4 Å². The van der Waals surface area contributed by atoms with E-state index in [1.165, 1.54) is 0 Å². The zero-order valence-corrected chi connectivity index (χ0v) is 17.5. The second-order valence-electron chi connectivity index (χ2n) is 7.53. The van der Waals surface area contributed by atoms with E-state index in [9.17, 15) is 4.79 Å². The highest BCUT2D eigenvalue weighted by atomic mass is 16.5. The Morgan fingerprint density at radius 2 is 2.06 bits per heavy atom. The fourth-order valence-corrected chi connectivity index (χ4v) is 4.02. The van der Waals surface area contributed by atoms with Crippen molar-refractivity contribution in [2.45, 2.75) is 26.0 Å². The molecule has 2 aromatic heterocycles. The largest absolute Gasteiger partial charge is 0.496 e. The number of anilines is 1. The van der Waals surface area contributed by atoms with Crippen LogP contribution in [0.5, 0.6) is 5.75 Å². The number of para-hydroxylation sites is 1. The summed E-state index contributed by atoms with van der Waals surface area (Å²) in [5.41, 5.74) is 5.07. The average Bonchev–Trinajstić information content (AvgIpc) is 3.46. The Hall–Kier alpha value is -3.81. The van der Waals surface area contributed by atoms with Crippen LogP contribution >= 0.6 is 0 Å². The number of benzene rings is 2. The molecular weight excluding hydrogens is 394 g/mol. The highest BCUT2D eigenvalue weighted by Crippen LogP contribution is 2.29. The molecule has 1 aliphatic heterocycles. The van der Waals surface area contributed by atoms with Crippen LogP contribution in [0.1, 0.15) is 17.9 Å². The van der Waals surface area contributed by atoms with Crippen molar-refractivity contribution >= 4 is 22.8 Å². The van der Waals surface area contributed by atoms with Gasteiger partial charge in [-0.15, -0.1) is 0 Å². The van der Waals surface area contributed by atoms with Crippen LogP contribution in [0.3, 0.4) is 0 Å². The Morgan fingerprint density at radius 1 is 1.19 bits per heavy atom. The summed E-state index contributed by atoms with van der Waals surface area (Å²) in [5, 5.41) is 7.31. The van der Waals surface area contributed by atoms with Gasteiger partial charge in [-0.05, 0) is 42.8 Å². The van der Waals surface area contributed by atoms with E-state index in [0.29, 0.717) is 5.69 Å². The summed E-state index contributed by atoms with van der Waals surface area (Å²) >= 11 is 0. The van der Waals surface area contributed by atoms with E-state index in [2.05, 4.69) is 20.0 Å². The molecule has 1 N–H and O–H groups in total. The van der Waals surface area contributed by atoms with E-state index in [1.54, 1.807) is 11.8 Å². The number of carbonyl (C=O) groups excluding carboxylic acids is 1. The van der Waals surface area contributed by atoms with Crippen LogP contribution in [0, 0.1) is 0 Å². The molecule has 0 saturated heterocycles. The topological polar surface area (TPSA) is 83.2 Å². The SMILES string of the molecule is COc1ccccc1-c1cc(COC(=O)Nc2ccc3c(c2)nc2n3CCC2)n(C)n1. The van der Waals surface area contributed by atoms with Crippen molar-refractivity contribution < 1.29 is 14.3 Å². The zero-order chi connectivity index (χ0) is 21.4. The van der Waals surface area contributed by atoms with E-state index >= 15 is 0 Å². The molecule has 2 aromatic carbocycles. The lowest BCUT2D eigenvalue weighted by molar-refractivity contribution is 0.152. The van der Waals surface area contributed by atoms with E-state index < -0.39 is 6.09 Å². The van der Waals surface area contributed by atoms with Crippen molar-refractivity contribution in [1.82, 2.24) is 19.3 Å². The number of aryl methyl sites for hydroxylation is 3. The second-order valence-corrected chi connectivity index (χ2v) is 7.53. The van der Waals surface area contributed by atoms with Crippen LogP contribution in [-0.4, -0.2) is 32.5 Å². The molecule has 1 aliphatic rings. The number of rotatable bonds is 5. The third-order valence-electron chi connectivity index (χ3n) is 5.57. The van der Waals surface area contributed by atoms with Crippen molar-refractivity contribution in [3.63, 3.8) is 0 Å². The number of nitrogens with zero attached hydrogens (tertiary/aromatic N) is 4. The molecule has 4 aromatic rings. The summed E-state index contributed by atoms with van der Waals surface area (Å²) in [6.45, 7) is 1.10. The number of methoxy groups -OCH3 is 1. The fourth-order valence-electron chi connectivity index (χ4n) is 4.02. The highest BCUT2D eigenvalue weighted by molar-refractivity contribution is 5.89. The van der Waals surface area contributed by atoms with Crippen LogP contribution in [0.2, 0.25) is 0 Å². The molecule has 31 heavy (non-hydrogen) atoms. The van der Waals surface area contributed by atoms with Gasteiger partial charge in [-0.25, -0.2) is 9.78 Å². The van der Waals surface area contributed by atoms with Crippen molar-refractivity contribution in [1.29, 1.82) is 0 Å². The molecule has 0 aliphatic carbocycles. The number of ether oxygens (including phenoxy) is 2. The summed E-state index contributed by atoms with van der Waals surface area (Å²) in [5.74, 6) is 1.85. The number of hydrogen-bond acceptors (Lipinski definition) is 5. The van der Waals surface area contributed by atoms with E-state index in [0.717, 1.165) is 58.9 Å². The number of carbonyl (C=O) groups is 1. The Kier molecular flexibility index (Phi) is 4.82. The number of fused-ring (bicyclic) bond motifs is 3. The minimum atomic E-state index is -0.522. The van der Waals surface area contributed by atoms with Gasteiger partial charge in [0.1, 0.15) is 18.2 Å². The van der Waals surface area contributed by atoms with Crippen LogP contribution in [0.15, 0.2) is 48.5 Å². The monoisotopic (exact) mass is 417 g/mol. The first-order valence-corrected chi connectivity index (χ1v) is 10.2. The van der Waals surface area contributed by atoms with Crippen molar-refractivity contribution in [3.05, 3.63) is 60.0 Å². The van der Waals surface area contributed by atoms with Gasteiger partial charge in [-0.2, -0.15) is 5.10 Å². The van der Waals surface area contributed by atoms with Crippen molar-refractivity contribution in [2.24, 2.45) is 7.05 Å². The molecule has 3 heterocycles. The first-order chi connectivity index (χ1) is 15.1. The molecule has 0 unspecified atom stereocenters. The quantitative estimate of drug-likeness (QED) is 0.528. The standard InChI is InChI=1S/C23H23N5O3/c1-27-16(13-18(26-27)17-6-3-4-7-21(17)30-2)14-31-23(29)24-15-9-10-20-19(12-15)25-22-8-5-11-28(20)22/h3-4,6-7,9-10,12-13H,5,8,11,14H2,1-2H3,(H,24,29). The summed E-state index contributed by atoms with van der Waals surface area (Å²) in [6, 6.07) is 15.3. The van der Waals surface area contributed by atoms with Gasteiger partial charge in [-0.1, -0.05) is 12.1 Å². The van der Waals surface area contributed by atoms with Gasteiger partial charge in [0.15, 0.2) is 0 Å². The molecular formula is C23H23N5O3. The van der Waals surface area contributed by atoms with Gasteiger partial charge in [0.25, 0.3) is 0 Å². The van der Waals surface area contributed by atoms with Gasteiger partial charge in [0, 0.05) is 31.3 Å². The Labute approximate surface area is 179 Å². The third kappa shape index (κ3) is 3.61. The lowest BCUT2D eigenvalue weighted by Gasteiger charge is -2.07. The predicted octanol–water partition coefficient (Wildman–Crippen LogP) is 4.14. The lowest BCUT2D eigenvalue weighted by Crippen LogP contribution is -2.14. The summed E-state index contributed by atoms with van der Waals surface area (Å²) < 4.78 is 14.8. The van der Waals surface area contributed by atoms with E-state index in [4.69, 9.17) is 9.47 Å². The van der Waals surface area contributed by atoms with Crippen molar-refractivity contribution in [3.8, 4) is 17.0 Å². The summed E-state index contributed by atoms with van der Waals surface area (Å²) in [7, 11) is 3.45. The summed E-state index contributed by atoms with van der Waals surface area (Å²) in [4.78, 5) is 17.0. The number of nitrogens with one attached hydrogen (secondary N) is 1. The highest BCUT2D eigenvalue weighted by Gasteiger charge is 2.17. The first kappa shape index (κ1) is 19.2.